The molecule has 0 spiro atoms. The molecule has 0 saturated heterocycles. The van der Waals surface area contributed by atoms with Crippen LogP contribution in [0.2, 0.25) is 0 Å². The summed E-state index contributed by atoms with van der Waals surface area (Å²) in [6, 6.07) is 10.4. The molecule has 1 atom stereocenters. The predicted molar refractivity (Wildman–Crippen MR) is 88.4 cm³/mol. The Hall–Kier alpha value is -2.63. The van der Waals surface area contributed by atoms with Gasteiger partial charge in [0.05, 0.1) is 11.0 Å². The smallest absolute Gasteiger partial charge is 0.269 e. The fourth-order valence-electron chi connectivity index (χ4n) is 3.64. The molecule has 0 unspecified atom stereocenters. The van der Waals surface area contributed by atoms with Crippen molar-refractivity contribution in [1.82, 2.24) is 9.47 Å². The minimum absolute atomic E-state index is 0.0711. The van der Waals surface area contributed by atoms with E-state index in [0.29, 0.717) is 6.54 Å². The lowest BCUT2D eigenvalue weighted by atomic mass is 9.83. The van der Waals surface area contributed by atoms with Crippen molar-refractivity contribution in [3.8, 4) is 0 Å². The quantitative estimate of drug-likeness (QED) is 0.643. The van der Waals surface area contributed by atoms with Gasteiger partial charge in [0.1, 0.15) is 0 Å². The van der Waals surface area contributed by atoms with Crippen LogP contribution in [0.1, 0.15) is 36.6 Å². The molecule has 2 aromatic rings. The van der Waals surface area contributed by atoms with Gasteiger partial charge in [-0.1, -0.05) is 6.42 Å². The Morgan fingerprint density at radius 1 is 1.12 bits per heavy atom. The molecule has 0 N–H and O–H groups in total. The number of benzene rings is 1. The number of nitro groups is 1. The minimum atomic E-state index is -0.398. The van der Waals surface area contributed by atoms with Crippen molar-refractivity contribution in [2.75, 3.05) is 6.54 Å². The average molecular weight is 325 g/mol. The van der Waals surface area contributed by atoms with Gasteiger partial charge in [-0.25, -0.2) is 0 Å². The van der Waals surface area contributed by atoms with Crippen LogP contribution in [0.3, 0.4) is 0 Å². The van der Waals surface area contributed by atoms with Gasteiger partial charge in [0.25, 0.3) is 5.69 Å². The van der Waals surface area contributed by atoms with Crippen molar-refractivity contribution in [3.05, 3.63) is 64.0 Å². The lowest BCUT2D eigenvalue weighted by Gasteiger charge is -2.40. The Morgan fingerprint density at radius 3 is 2.50 bits per heavy atom. The number of aromatic nitrogens is 1. The second-order valence-corrected chi connectivity index (χ2v) is 6.54. The van der Waals surface area contributed by atoms with E-state index < -0.39 is 4.92 Å². The number of non-ortho nitro benzene ring substituents is 1. The molecular weight excluding hydrogens is 306 g/mol. The Morgan fingerprint density at radius 2 is 1.88 bits per heavy atom. The lowest BCUT2D eigenvalue weighted by molar-refractivity contribution is -0.384. The number of nitro benzene ring substituents is 1. The first-order chi connectivity index (χ1) is 11.6. The first-order valence-electron chi connectivity index (χ1n) is 8.35. The molecule has 0 radical (unpaired) electrons. The Labute approximate surface area is 139 Å². The van der Waals surface area contributed by atoms with E-state index in [4.69, 9.17) is 0 Å². The van der Waals surface area contributed by atoms with Crippen molar-refractivity contribution < 1.29 is 9.72 Å². The second-order valence-electron chi connectivity index (χ2n) is 6.54. The molecule has 1 amide bonds. The summed E-state index contributed by atoms with van der Waals surface area (Å²) in [6.07, 6.45) is 5.11. The van der Waals surface area contributed by atoms with Crippen LogP contribution < -0.4 is 0 Å². The fraction of sp³-hybridized carbons (Fsp3) is 0.389. The number of rotatable bonds is 3. The molecule has 1 aromatic carbocycles. The van der Waals surface area contributed by atoms with Gasteiger partial charge in [0.15, 0.2) is 0 Å². The number of carbonyl (C=O) groups excluding carboxylic acids is 1. The lowest BCUT2D eigenvalue weighted by Crippen LogP contribution is -2.46. The summed E-state index contributed by atoms with van der Waals surface area (Å²) < 4.78 is 2.16. The molecule has 124 valence electrons. The standard InChI is InChI=1S/C18H19N3O3/c22-18(14-3-1-4-14)20-12-11-19-10-2-5-16(19)17(20)13-6-8-15(9-7-13)21(23)24/h2,5-10,14,17H,1,3-4,11-12H2/t17-/m1/s1. The van der Waals surface area contributed by atoms with E-state index in [2.05, 4.69) is 4.57 Å². The SMILES string of the molecule is O=C(C1CCC1)N1CCn2cccc2[C@H]1c1ccc([N+](=O)[O-])cc1. The number of amides is 1. The summed E-state index contributed by atoms with van der Waals surface area (Å²) in [5, 5.41) is 10.9. The molecule has 6 heteroatoms. The third-order valence-corrected chi connectivity index (χ3v) is 5.20. The Bertz CT molecular complexity index is 777. The highest BCUT2D eigenvalue weighted by molar-refractivity contribution is 5.80. The van der Waals surface area contributed by atoms with Gasteiger partial charge in [-0.05, 0) is 42.7 Å². The molecule has 1 aliphatic carbocycles. The Kier molecular flexibility index (Phi) is 3.59. The van der Waals surface area contributed by atoms with Crippen LogP contribution in [0.25, 0.3) is 0 Å². The van der Waals surface area contributed by atoms with Gasteiger partial charge >= 0.3 is 0 Å². The van der Waals surface area contributed by atoms with Crippen LogP contribution in [0.5, 0.6) is 0 Å². The maximum Gasteiger partial charge on any atom is 0.269 e. The Balaban J connectivity index is 1.72. The third-order valence-electron chi connectivity index (χ3n) is 5.20. The summed E-state index contributed by atoms with van der Waals surface area (Å²) >= 11 is 0. The number of hydrogen-bond donors (Lipinski definition) is 0. The van der Waals surface area contributed by atoms with Gasteiger partial charge in [-0.15, -0.1) is 0 Å². The zero-order chi connectivity index (χ0) is 16.7. The van der Waals surface area contributed by atoms with Crippen LogP contribution in [-0.2, 0) is 11.3 Å². The van der Waals surface area contributed by atoms with Crippen molar-refractivity contribution in [2.24, 2.45) is 5.92 Å². The van der Waals surface area contributed by atoms with Crippen LogP contribution >= 0.6 is 0 Å². The summed E-state index contributed by atoms with van der Waals surface area (Å²) in [7, 11) is 0. The normalized spacial score (nSPS) is 20.3. The molecule has 1 fully saturated rings. The summed E-state index contributed by atoms with van der Waals surface area (Å²) in [6.45, 7) is 1.48. The molecule has 2 heterocycles. The number of fused-ring (bicyclic) bond motifs is 1. The van der Waals surface area contributed by atoms with Crippen LogP contribution in [-0.4, -0.2) is 26.8 Å². The minimum Gasteiger partial charge on any atom is -0.348 e. The summed E-state index contributed by atoms with van der Waals surface area (Å²) in [4.78, 5) is 25.3. The monoisotopic (exact) mass is 325 g/mol. The molecule has 2 aliphatic rings. The first kappa shape index (κ1) is 14.9. The van der Waals surface area contributed by atoms with Crippen LogP contribution in [0, 0.1) is 16.0 Å². The fourth-order valence-corrected chi connectivity index (χ4v) is 3.64. The molecule has 24 heavy (non-hydrogen) atoms. The van der Waals surface area contributed by atoms with Gasteiger partial charge in [0.2, 0.25) is 5.91 Å². The highest BCUT2D eigenvalue weighted by Crippen LogP contribution is 2.37. The molecular formula is C18H19N3O3. The number of carbonyl (C=O) groups is 1. The van der Waals surface area contributed by atoms with E-state index in [0.717, 1.165) is 37.1 Å². The zero-order valence-electron chi connectivity index (χ0n) is 13.3. The van der Waals surface area contributed by atoms with Crippen molar-refractivity contribution >= 4 is 11.6 Å². The van der Waals surface area contributed by atoms with Crippen LogP contribution in [0.15, 0.2) is 42.6 Å². The highest BCUT2D eigenvalue weighted by atomic mass is 16.6. The third kappa shape index (κ3) is 2.38. The van der Waals surface area contributed by atoms with E-state index in [1.165, 1.54) is 12.1 Å². The van der Waals surface area contributed by atoms with Gasteiger partial charge in [-0.3, -0.25) is 14.9 Å². The van der Waals surface area contributed by atoms with E-state index in [-0.39, 0.29) is 23.6 Å². The maximum atomic E-state index is 12.9. The number of hydrogen-bond acceptors (Lipinski definition) is 3. The van der Waals surface area contributed by atoms with E-state index >= 15 is 0 Å². The molecule has 1 aromatic heterocycles. The molecule has 1 aliphatic heterocycles. The second kappa shape index (κ2) is 5.78. The van der Waals surface area contributed by atoms with E-state index in [1.54, 1.807) is 12.1 Å². The van der Waals surface area contributed by atoms with Crippen LogP contribution in [0.4, 0.5) is 5.69 Å². The largest absolute Gasteiger partial charge is 0.348 e. The molecule has 0 bridgehead atoms. The zero-order valence-corrected chi connectivity index (χ0v) is 13.3. The summed E-state index contributed by atoms with van der Waals surface area (Å²) in [5.74, 6) is 0.365. The number of nitrogens with zero attached hydrogens (tertiary/aromatic N) is 3. The topological polar surface area (TPSA) is 68.4 Å². The first-order valence-corrected chi connectivity index (χ1v) is 8.35. The summed E-state index contributed by atoms with van der Waals surface area (Å²) in [5.41, 5.74) is 2.07. The van der Waals surface area contributed by atoms with Gasteiger partial charge in [0, 0.05) is 43.0 Å². The van der Waals surface area contributed by atoms with Crippen molar-refractivity contribution in [1.29, 1.82) is 0 Å². The predicted octanol–water partition coefficient (Wildman–Crippen LogP) is 3.13. The van der Waals surface area contributed by atoms with Crippen molar-refractivity contribution in [2.45, 2.75) is 31.8 Å². The molecule has 1 saturated carbocycles. The van der Waals surface area contributed by atoms with Crippen molar-refractivity contribution in [3.63, 3.8) is 0 Å². The van der Waals surface area contributed by atoms with E-state index in [9.17, 15) is 14.9 Å². The average Bonchev–Trinajstić information content (AvgIpc) is 3.00. The molecule has 6 nitrogen and oxygen atoms in total. The van der Waals surface area contributed by atoms with E-state index in [1.807, 2.05) is 23.2 Å². The van der Waals surface area contributed by atoms with Gasteiger partial charge < -0.3 is 9.47 Å². The highest BCUT2D eigenvalue weighted by Gasteiger charge is 2.37. The maximum absolute atomic E-state index is 12.9. The van der Waals surface area contributed by atoms with Gasteiger partial charge in [-0.2, -0.15) is 0 Å². The molecule has 4 rings (SSSR count).